The highest BCUT2D eigenvalue weighted by Crippen LogP contribution is 2.38. The average molecular weight is 468 g/mol. The third-order valence-electron chi connectivity index (χ3n) is 5.68. The molecule has 9 heteroatoms. The predicted molar refractivity (Wildman–Crippen MR) is 118 cm³/mol. The third-order valence-corrected chi connectivity index (χ3v) is 6.14. The molecule has 0 saturated heterocycles. The normalized spacial score (nSPS) is 21.4. The minimum Gasteiger partial charge on any atom is -0.393 e. The summed E-state index contributed by atoms with van der Waals surface area (Å²) in [5.41, 5.74) is 2.84. The van der Waals surface area contributed by atoms with E-state index in [1.165, 1.54) is 0 Å². The Labute approximate surface area is 182 Å². The van der Waals surface area contributed by atoms with Crippen LogP contribution in [-0.4, -0.2) is 36.8 Å². The van der Waals surface area contributed by atoms with Crippen molar-refractivity contribution in [2.24, 2.45) is 0 Å². The molecule has 3 aromatic rings. The number of nitrogens with one attached hydrogen (secondary N) is 2. The number of halogens is 1. The molecule has 0 unspecified atom stereocenters. The van der Waals surface area contributed by atoms with Gasteiger partial charge in [0.2, 0.25) is 5.95 Å². The summed E-state index contributed by atoms with van der Waals surface area (Å²) in [5.74, 6) is 1.17. The van der Waals surface area contributed by atoms with Gasteiger partial charge in [0.15, 0.2) is 17.0 Å². The Hall–Kier alpha value is -2.70. The van der Waals surface area contributed by atoms with Crippen LogP contribution in [0.25, 0.3) is 11.2 Å². The summed E-state index contributed by atoms with van der Waals surface area (Å²) in [6.45, 7) is 0. The maximum Gasteiger partial charge on any atom is 0.227 e. The van der Waals surface area contributed by atoms with Gasteiger partial charge in [-0.3, -0.25) is 0 Å². The van der Waals surface area contributed by atoms with Crippen LogP contribution in [0.4, 0.5) is 17.5 Å². The molecule has 0 bridgehead atoms. The molecule has 2 fully saturated rings. The highest BCUT2D eigenvalue weighted by atomic mass is 79.9. The van der Waals surface area contributed by atoms with Crippen LogP contribution in [0.2, 0.25) is 0 Å². The minimum absolute atomic E-state index is 0.203. The topological polar surface area (TPSA) is 112 Å². The van der Waals surface area contributed by atoms with E-state index >= 15 is 0 Å². The second-order valence-corrected chi connectivity index (χ2v) is 8.98. The van der Waals surface area contributed by atoms with Crippen LogP contribution < -0.4 is 10.6 Å². The van der Waals surface area contributed by atoms with E-state index in [0.717, 1.165) is 54.3 Å². The summed E-state index contributed by atoms with van der Waals surface area (Å²) in [7, 11) is 0. The summed E-state index contributed by atoms with van der Waals surface area (Å²) >= 11 is 3.46. The zero-order valence-electron chi connectivity index (χ0n) is 16.3. The van der Waals surface area contributed by atoms with Crippen LogP contribution in [0.3, 0.4) is 0 Å². The molecule has 5 rings (SSSR count). The van der Waals surface area contributed by atoms with Crippen molar-refractivity contribution in [3.63, 3.8) is 0 Å². The molecule has 154 valence electrons. The van der Waals surface area contributed by atoms with Crippen molar-refractivity contribution in [1.82, 2.24) is 19.5 Å². The highest BCUT2D eigenvalue weighted by Gasteiger charge is 2.27. The van der Waals surface area contributed by atoms with E-state index in [4.69, 9.17) is 9.97 Å². The van der Waals surface area contributed by atoms with E-state index in [1.807, 2.05) is 12.4 Å². The second-order valence-electron chi connectivity index (χ2n) is 8.07. The van der Waals surface area contributed by atoms with E-state index in [1.54, 1.807) is 12.1 Å². The average Bonchev–Trinajstić information content (AvgIpc) is 3.48. The van der Waals surface area contributed by atoms with E-state index in [-0.39, 0.29) is 12.1 Å². The smallest absolute Gasteiger partial charge is 0.227 e. The Morgan fingerprint density at radius 1 is 1.10 bits per heavy atom. The Kier molecular flexibility index (Phi) is 5.05. The highest BCUT2D eigenvalue weighted by molar-refractivity contribution is 9.10. The van der Waals surface area contributed by atoms with Gasteiger partial charge in [-0.15, -0.1) is 0 Å². The summed E-state index contributed by atoms with van der Waals surface area (Å²) < 4.78 is 2.94. The Morgan fingerprint density at radius 2 is 1.90 bits per heavy atom. The molecule has 0 spiro atoms. The number of imidazole rings is 1. The molecule has 1 aromatic carbocycles. The van der Waals surface area contributed by atoms with Gasteiger partial charge in [-0.2, -0.15) is 15.2 Å². The lowest BCUT2D eigenvalue weighted by molar-refractivity contribution is 0.126. The van der Waals surface area contributed by atoms with Gasteiger partial charge in [-0.1, -0.05) is 15.9 Å². The van der Waals surface area contributed by atoms with E-state index in [0.29, 0.717) is 28.9 Å². The van der Waals surface area contributed by atoms with Gasteiger partial charge in [0.05, 0.1) is 24.1 Å². The van der Waals surface area contributed by atoms with Crippen LogP contribution in [0, 0.1) is 11.3 Å². The number of hydrogen-bond acceptors (Lipinski definition) is 7. The van der Waals surface area contributed by atoms with E-state index < -0.39 is 0 Å². The van der Waals surface area contributed by atoms with Gasteiger partial charge in [-0.25, -0.2) is 4.98 Å². The number of nitriles is 1. The van der Waals surface area contributed by atoms with Crippen molar-refractivity contribution in [3.8, 4) is 6.07 Å². The maximum absolute atomic E-state index is 9.78. The fourth-order valence-corrected chi connectivity index (χ4v) is 4.45. The van der Waals surface area contributed by atoms with Gasteiger partial charge >= 0.3 is 0 Å². The molecule has 2 aromatic heterocycles. The molecule has 0 amide bonds. The number of rotatable bonds is 5. The van der Waals surface area contributed by atoms with Crippen molar-refractivity contribution in [2.45, 2.75) is 56.7 Å². The number of aliphatic hydroxyl groups excluding tert-OH is 1. The van der Waals surface area contributed by atoms with Gasteiger partial charge in [0.25, 0.3) is 0 Å². The van der Waals surface area contributed by atoms with Gasteiger partial charge < -0.3 is 20.3 Å². The molecule has 8 nitrogen and oxygen atoms in total. The minimum atomic E-state index is -0.203. The standard InChI is InChI=1S/C21H22BrN7O/c22-13-7-12(10-23)8-15(9-13)25-19-18-20(29(11-24-18)16-3-4-16)28-21(27-19)26-14-1-5-17(30)6-2-14/h7-9,11,14,16-17,30H,1-6H2,(H2,25,26,27,28). The lowest BCUT2D eigenvalue weighted by Gasteiger charge is -2.26. The summed E-state index contributed by atoms with van der Waals surface area (Å²) in [4.78, 5) is 14.1. The van der Waals surface area contributed by atoms with Crippen molar-refractivity contribution in [3.05, 3.63) is 34.6 Å². The first-order valence-corrected chi connectivity index (χ1v) is 11.1. The number of aliphatic hydroxyl groups is 1. The first kappa shape index (κ1) is 19.3. The Bertz CT molecular complexity index is 1130. The quantitative estimate of drug-likeness (QED) is 0.513. The van der Waals surface area contributed by atoms with Crippen molar-refractivity contribution < 1.29 is 5.11 Å². The second kappa shape index (κ2) is 7.85. The molecule has 3 N–H and O–H groups in total. The number of fused-ring (bicyclic) bond motifs is 1. The predicted octanol–water partition coefficient (Wildman–Crippen LogP) is 4.25. The Morgan fingerprint density at radius 3 is 2.63 bits per heavy atom. The molecule has 2 saturated carbocycles. The maximum atomic E-state index is 9.78. The van der Waals surface area contributed by atoms with Crippen LogP contribution in [0.1, 0.15) is 50.1 Å². The first-order chi connectivity index (χ1) is 14.6. The van der Waals surface area contributed by atoms with Crippen LogP contribution in [0.5, 0.6) is 0 Å². The van der Waals surface area contributed by atoms with Gasteiger partial charge in [0, 0.05) is 22.2 Å². The SMILES string of the molecule is N#Cc1cc(Br)cc(Nc2nc(NC3CCC(O)CC3)nc3c2ncn3C2CC2)c1. The third kappa shape index (κ3) is 3.98. The van der Waals surface area contributed by atoms with Gasteiger partial charge in [0.1, 0.15) is 0 Å². The summed E-state index contributed by atoms with van der Waals surface area (Å²) in [6.07, 6.45) is 7.28. The molecule has 30 heavy (non-hydrogen) atoms. The molecular formula is C21H22BrN7O. The molecule has 0 aliphatic heterocycles. The van der Waals surface area contributed by atoms with E-state index in [9.17, 15) is 10.4 Å². The van der Waals surface area contributed by atoms with Crippen molar-refractivity contribution in [1.29, 1.82) is 5.26 Å². The number of aromatic nitrogens is 4. The van der Waals surface area contributed by atoms with Gasteiger partial charge in [-0.05, 0) is 56.7 Å². The zero-order valence-corrected chi connectivity index (χ0v) is 17.9. The molecule has 0 radical (unpaired) electrons. The van der Waals surface area contributed by atoms with Crippen LogP contribution in [-0.2, 0) is 0 Å². The van der Waals surface area contributed by atoms with Crippen molar-refractivity contribution >= 4 is 44.5 Å². The fourth-order valence-electron chi connectivity index (χ4n) is 3.95. The number of nitrogens with zero attached hydrogens (tertiary/aromatic N) is 5. The molecule has 2 aliphatic rings. The summed E-state index contributed by atoms with van der Waals surface area (Å²) in [5, 5.41) is 25.8. The largest absolute Gasteiger partial charge is 0.393 e. The first-order valence-electron chi connectivity index (χ1n) is 10.3. The van der Waals surface area contributed by atoms with E-state index in [2.05, 4.69) is 42.2 Å². The Balaban J connectivity index is 1.51. The number of hydrogen-bond donors (Lipinski definition) is 3. The molecule has 2 aliphatic carbocycles. The molecule has 0 atom stereocenters. The monoisotopic (exact) mass is 467 g/mol. The lowest BCUT2D eigenvalue weighted by Crippen LogP contribution is -2.29. The summed E-state index contributed by atoms with van der Waals surface area (Å²) in [6, 6.07) is 8.33. The zero-order chi connectivity index (χ0) is 20.7. The van der Waals surface area contributed by atoms with Crippen LogP contribution >= 0.6 is 15.9 Å². The lowest BCUT2D eigenvalue weighted by atomic mass is 9.93. The molecular weight excluding hydrogens is 446 g/mol. The molecule has 2 heterocycles. The fraction of sp³-hybridized carbons (Fsp3) is 0.429. The number of benzene rings is 1. The van der Waals surface area contributed by atoms with Crippen molar-refractivity contribution in [2.75, 3.05) is 10.6 Å². The number of anilines is 3. The van der Waals surface area contributed by atoms with Crippen LogP contribution in [0.15, 0.2) is 29.0 Å².